The molecule has 0 N–H and O–H groups in total. The molecule has 0 spiro atoms. The molecule has 0 heterocycles. The van der Waals surface area contributed by atoms with E-state index in [1.165, 1.54) is 180 Å². The van der Waals surface area contributed by atoms with Crippen LogP contribution in [0.3, 0.4) is 0 Å². The molecule has 0 rings (SSSR count). The van der Waals surface area contributed by atoms with Gasteiger partial charge in [-0.05, 0) is 31.1 Å². The zero-order valence-corrected chi connectivity index (χ0v) is 40.4. The highest BCUT2D eigenvalue weighted by Gasteiger charge is 2.19. The zero-order chi connectivity index (χ0) is 43.3. The van der Waals surface area contributed by atoms with Crippen molar-refractivity contribution >= 4 is 17.9 Å². The number of ether oxygens (including phenoxy) is 3. The minimum absolute atomic E-state index is 0.0640. The predicted molar refractivity (Wildman–Crippen MR) is 252 cm³/mol. The van der Waals surface area contributed by atoms with E-state index in [0.29, 0.717) is 19.3 Å². The maximum atomic E-state index is 12.8. The number of esters is 3. The van der Waals surface area contributed by atoms with Crippen molar-refractivity contribution in [1.29, 1.82) is 0 Å². The topological polar surface area (TPSA) is 78.9 Å². The molecule has 6 heteroatoms. The molecule has 0 radical (unpaired) electrons. The Morgan fingerprint density at radius 1 is 0.322 bits per heavy atom. The fourth-order valence-electron chi connectivity index (χ4n) is 7.99. The SMILES string of the molecule is CCCCCCCCCCCCCCCCCC(=O)OC[C@@H](COC(=O)CCCCCCCCCCCCCCC(C)C)OC(=O)CCCCCCCCCCC(C)C. The number of hydrogen-bond donors (Lipinski definition) is 0. The second kappa shape index (κ2) is 45.9. The van der Waals surface area contributed by atoms with Gasteiger partial charge in [0.05, 0.1) is 0 Å². The van der Waals surface area contributed by atoms with Crippen LogP contribution in [0, 0.1) is 11.8 Å². The van der Waals surface area contributed by atoms with Gasteiger partial charge in [0.15, 0.2) is 6.10 Å². The third kappa shape index (κ3) is 47.3. The van der Waals surface area contributed by atoms with Gasteiger partial charge in [-0.3, -0.25) is 14.4 Å². The summed E-state index contributed by atoms with van der Waals surface area (Å²) in [5.74, 6) is 0.778. The minimum Gasteiger partial charge on any atom is -0.462 e. The van der Waals surface area contributed by atoms with Crippen molar-refractivity contribution in [3.05, 3.63) is 0 Å². The van der Waals surface area contributed by atoms with E-state index in [-0.39, 0.29) is 31.1 Å². The smallest absolute Gasteiger partial charge is 0.306 e. The van der Waals surface area contributed by atoms with Crippen LogP contribution in [0.2, 0.25) is 0 Å². The third-order valence-electron chi connectivity index (χ3n) is 12.0. The Kier molecular flexibility index (Phi) is 44.7. The molecule has 0 fully saturated rings. The Labute approximate surface area is 368 Å². The van der Waals surface area contributed by atoms with E-state index in [2.05, 4.69) is 34.6 Å². The van der Waals surface area contributed by atoms with Crippen molar-refractivity contribution in [3.8, 4) is 0 Å². The standard InChI is InChI=1S/C53H102O6/c1-6-7-8-9-10-11-12-13-14-15-19-22-28-33-38-43-51(54)57-46-50(59-53(56)45-40-35-30-25-24-27-32-37-42-49(4)5)47-58-52(55)44-39-34-29-23-20-17-16-18-21-26-31-36-41-48(2)3/h48-50H,6-47H2,1-5H3/t50-/m0/s1. The van der Waals surface area contributed by atoms with Gasteiger partial charge in [-0.15, -0.1) is 0 Å². The van der Waals surface area contributed by atoms with Crippen LogP contribution in [0.15, 0.2) is 0 Å². The van der Waals surface area contributed by atoms with Gasteiger partial charge in [-0.2, -0.15) is 0 Å². The molecular weight excluding hydrogens is 733 g/mol. The number of carbonyl (C=O) groups excluding carboxylic acids is 3. The largest absolute Gasteiger partial charge is 0.462 e. The summed E-state index contributed by atoms with van der Waals surface area (Å²) in [4.78, 5) is 37.9. The van der Waals surface area contributed by atoms with Crippen molar-refractivity contribution in [2.45, 2.75) is 298 Å². The predicted octanol–water partition coefficient (Wildman–Crippen LogP) is 16.9. The van der Waals surface area contributed by atoms with Gasteiger partial charge in [-0.25, -0.2) is 0 Å². The van der Waals surface area contributed by atoms with Crippen LogP contribution in [0.4, 0.5) is 0 Å². The maximum Gasteiger partial charge on any atom is 0.306 e. The first-order valence-corrected chi connectivity index (χ1v) is 26.2. The first kappa shape index (κ1) is 57.4. The Bertz CT molecular complexity index is 900. The lowest BCUT2D eigenvalue weighted by Gasteiger charge is -2.18. The molecule has 0 aliphatic heterocycles. The molecule has 0 aromatic carbocycles. The fourth-order valence-corrected chi connectivity index (χ4v) is 7.99. The lowest BCUT2D eigenvalue weighted by atomic mass is 10.0. The van der Waals surface area contributed by atoms with Gasteiger partial charge in [0.2, 0.25) is 0 Å². The van der Waals surface area contributed by atoms with Gasteiger partial charge in [-0.1, -0.05) is 253 Å². The van der Waals surface area contributed by atoms with Crippen LogP contribution >= 0.6 is 0 Å². The highest BCUT2D eigenvalue weighted by Crippen LogP contribution is 2.17. The first-order valence-electron chi connectivity index (χ1n) is 26.2. The molecule has 59 heavy (non-hydrogen) atoms. The summed E-state index contributed by atoms with van der Waals surface area (Å²) >= 11 is 0. The molecule has 0 saturated heterocycles. The lowest BCUT2D eigenvalue weighted by molar-refractivity contribution is -0.167. The van der Waals surface area contributed by atoms with Crippen molar-refractivity contribution in [2.75, 3.05) is 13.2 Å². The maximum absolute atomic E-state index is 12.8. The fraction of sp³-hybridized carbons (Fsp3) is 0.943. The van der Waals surface area contributed by atoms with Crippen LogP contribution < -0.4 is 0 Å². The summed E-state index contributed by atoms with van der Waals surface area (Å²) in [7, 11) is 0. The van der Waals surface area contributed by atoms with Crippen LogP contribution in [0.25, 0.3) is 0 Å². The second-order valence-corrected chi connectivity index (χ2v) is 19.1. The van der Waals surface area contributed by atoms with E-state index in [1.807, 2.05) is 0 Å². The summed E-state index contributed by atoms with van der Waals surface area (Å²) < 4.78 is 16.8. The van der Waals surface area contributed by atoms with E-state index in [4.69, 9.17) is 14.2 Å². The molecule has 6 nitrogen and oxygen atoms in total. The highest BCUT2D eigenvalue weighted by molar-refractivity contribution is 5.71. The van der Waals surface area contributed by atoms with Crippen molar-refractivity contribution in [3.63, 3.8) is 0 Å². The van der Waals surface area contributed by atoms with Crippen LogP contribution in [0.5, 0.6) is 0 Å². The van der Waals surface area contributed by atoms with E-state index in [0.717, 1.165) is 69.6 Å². The number of rotatable bonds is 47. The van der Waals surface area contributed by atoms with Gasteiger partial charge in [0.25, 0.3) is 0 Å². The Morgan fingerprint density at radius 3 is 0.831 bits per heavy atom. The summed E-state index contributed by atoms with van der Waals surface area (Å²) in [5.41, 5.74) is 0. The number of hydrogen-bond acceptors (Lipinski definition) is 6. The molecule has 0 bridgehead atoms. The molecular formula is C53H102O6. The van der Waals surface area contributed by atoms with E-state index in [1.54, 1.807) is 0 Å². The molecule has 0 aromatic heterocycles. The van der Waals surface area contributed by atoms with Gasteiger partial charge < -0.3 is 14.2 Å². The normalized spacial score (nSPS) is 12.1. The molecule has 1 atom stereocenters. The average Bonchev–Trinajstić information content (AvgIpc) is 3.20. The third-order valence-corrected chi connectivity index (χ3v) is 12.0. The molecule has 0 aliphatic rings. The highest BCUT2D eigenvalue weighted by atomic mass is 16.6. The van der Waals surface area contributed by atoms with E-state index < -0.39 is 6.10 Å². The molecule has 0 amide bonds. The minimum atomic E-state index is -0.762. The lowest BCUT2D eigenvalue weighted by Crippen LogP contribution is -2.30. The summed E-state index contributed by atoms with van der Waals surface area (Å²) in [5, 5.41) is 0. The van der Waals surface area contributed by atoms with E-state index in [9.17, 15) is 14.4 Å². The van der Waals surface area contributed by atoms with Crippen LogP contribution in [0.1, 0.15) is 291 Å². The van der Waals surface area contributed by atoms with Crippen molar-refractivity contribution < 1.29 is 28.6 Å². The zero-order valence-electron chi connectivity index (χ0n) is 40.4. The molecule has 0 aliphatic carbocycles. The van der Waals surface area contributed by atoms with Crippen LogP contribution in [-0.2, 0) is 28.6 Å². The van der Waals surface area contributed by atoms with Gasteiger partial charge >= 0.3 is 17.9 Å². The summed E-state index contributed by atoms with van der Waals surface area (Å²) in [6.45, 7) is 11.3. The Morgan fingerprint density at radius 2 is 0.559 bits per heavy atom. The van der Waals surface area contributed by atoms with Crippen molar-refractivity contribution in [2.24, 2.45) is 11.8 Å². The average molecular weight is 835 g/mol. The van der Waals surface area contributed by atoms with Crippen molar-refractivity contribution in [1.82, 2.24) is 0 Å². The molecule has 0 saturated carbocycles. The molecule has 350 valence electrons. The number of carbonyl (C=O) groups is 3. The monoisotopic (exact) mass is 835 g/mol. The van der Waals surface area contributed by atoms with Gasteiger partial charge in [0.1, 0.15) is 13.2 Å². The van der Waals surface area contributed by atoms with Crippen LogP contribution in [-0.4, -0.2) is 37.2 Å². The summed E-state index contributed by atoms with van der Waals surface area (Å²) in [6, 6.07) is 0. The summed E-state index contributed by atoms with van der Waals surface area (Å²) in [6.07, 6.45) is 46.6. The van der Waals surface area contributed by atoms with Gasteiger partial charge in [0, 0.05) is 19.3 Å². The Balaban J connectivity index is 4.29. The number of unbranched alkanes of at least 4 members (excludes halogenated alkanes) is 32. The Hall–Kier alpha value is -1.59. The molecule has 0 unspecified atom stereocenters. The first-order chi connectivity index (χ1) is 28.7. The van der Waals surface area contributed by atoms with E-state index >= 15 is 0 Å². The second-order valence-electron chi connectivity index (χ2n) is 19.1. The molecule has 0 aromatic rings. The quantitative estimate of drug-likeness (QED) is 0.0345.